The summed E-state index contributed by atoms with van der Waals surface area (Å²) in [6.07, 6.45) is 1.99. The van der Waals surface area contributed by atoms with Gasteiger partial charge in [0.2, 0.25) is 0 Å². The van der Waals surface area contributed by atoms with Gasteiger partial charge in [-0.3, -0.25) is 4.79 Å². The van der Waals surface area contributed by atoms with E-state index in [0.29, 0.717) is 5.69 Å². The maximum absolute atomic E-state index is 11.4. The van der Waals surface area contributed by atoms with Gasteiger partial charge in [0.05, 0.1) is 11.4 Å². The minimum absolute atomic E-state index is 0.406. The lowest BCUT2D eigenvalue weighted by atomic mass is 10.3. The molecule has 0 spiro atoms. The first kappa shape index (κ1) is 11.7. The van der Waals surface area contributed by atoms with Gasteiger partial charge in [-0.15, -0.1) is 11.8 Å². The predicted molar refractivity (Wildman–Crippen MR) is 68.6 cm³/mol. The summed E-state index contributed by atoms with van der Waals surface area (Å²) >= 11 is 1.61. The third-order valence-corrected chi connectivity index (χ3v) is 3.18. The second-order valence-corrected chi connectivity index (χ2v) is 4.47. The molecule has 1 aromatic carbocycles. The highest BCUT2D eigenvalue weighted by molar-refractivity contribution is 7.98. The highest BCUT2D eigenvalue weighted by Crippen LogP contribution is 2.24. The molecule has 1 heterocycles. The first-order chi connectivity index (χ1) is 8.13. The van der Waals surface area contributed by atoms with E-state index in [-0.39, 0.29) is 0 Å². The topological polar surface area (TPSA) is 60.9 Å². The number of hydrogen-bond acceptors (Lipinski definition) is 3. The number of nitrogens with two attached hydrogens (primary N) is 1. The number of carbonyl (C=O) groups is 1. The van der Waals surface area contributed by atoms with Crippen LogP contribution in [-0.4, -0.2) is 21.9 Å². The fourth-order valence-corrected chi connectivity index (χ4v) is 2.24. The Bertz CT molecular complexity index is 563. The summed E-state index contributed by atoms with van der Waals surface area (Å²) < 4.78 is 1.60. The number of amides is 1. The van der Waals surface area contributed by atoms with Crippen LogP contribution in [0.15, 0.2) is 35.2 Å². The Hall–Kier alpha value is -1.75. The van der Waals surface area contributed by atoms with Gasteiger partial charge >= 0.3 is 0 Å². The van der Waals surface area contributed by atoms with Crippen molar-refractivity contribution in [2.24, 2.45) is 5.73 Å². The van der Waals surface area contributed by atoms with E-state index in [1.807, 2.05) is 37.4 Å². The van der Waals surface area contributed by atoms with Crippen LogP contribution in [0, 0.1) is 6.92 Å². The molecule has 0 aliphatic carbocycles. The molecule has 1 amide bonds. The summed E-state index contributed by atoms with van der Waals surface area (Å²) in [6.45, 7) is 1.84. The minimum Gasteiger partial charge on any atom is -0.364 e. The third-order valence-electron chi connectivity index (χ3n) is 2.40. The Morgan fingerprint density at radius 3 is 2.76 bits per heavy atom. The number of thioether (sulfide) groups is 1. The average Bonchev–Trinajstić information content (AvgIpc) is 2.71. The van der Waals surface area contributed by atoms with Crippen LogP contribution in [0.4, 0.5) is 0 Å². The van der Waals surface area contributed by atoms with E-state index in [4.69, 9.17) is 5.73 Å². The summed E-state index contributed by atoms with van der Waals surface area (Å²) in [5.41, 5.74) is 7.41. The van der Waals surface area contributed by atoms with Crippen LogP contribution in [0.3, 0.4) is 0 Å². The largest absolute Gasteiger partial charge is 0.364 e. The molecule has 2 aromatic rings. The standard InChI is InChI=1S/C12H13N3OS/c1-8-7-10(12(13)16)15(14-8)9-5-3-4-6-11(9)17-2/h3-7H,1-2H3,(H2,13,16). The number of carbonyl (C=O) groups excluding carboxylic acids is 1. The number of rotatable bonds is 3. The lowest BCUT2D eigenvalue weighted by Crippen LogP contribution is -2.17. The van der Waals surface area contributed by atoms with Gasteiger partial charge < -0.3 is 5.73 Å². The Morgan fingerprint density at radius 1 is 1.41 bits per heavy atom. The van der Waals surface area contributed by atoms with E-state index in [2.05, 4.69) is 5.10 Å². The Labute approximate surface area is 104 Å². The van der Waals surface area contributed by atoms with Gasteiger partial charge in [0, 0.05) is 4.90 Å². The molecule has 88 valence electrons. The van der Waals surface area contributed by atoms with Crippen molar-refractivity contribution in [3.05, 3.63) is 41.7 Å². The average molecular weight is 247 g/mol. The quantitative estimate of drug-likeness (QED) is 0.844. The number of nitrogens with zero attached hydrogens (tertiary/aromatic N) is 2. The number of primary amides is 1. The monoisotopic (exact) mass is 247 g/mol. The van der Waals surface area contributed by atoms with E-state index in [1.165, 1.54) is 0 Å². The third kappa shape index (κ3) is 2.19. The van der Waals surface area contributed by atoms with E-state index in [9.17, 15) is 4.79 Å². The molecule has 0 aliphatic rings. The zero-order chi connectivity index (χ0) is 12.4. The number of aryl methyl sites for hydroxylation is 1. The van der Waals surface area contributed by atoms with Crippen LogP contribution in [0.2, 0.25) is 0 Å². The summed E-state index contributed by atoms with van der Waals surface area (Å²) in [5, 5.41) is 4.31. The zero-order valence-electron chi connectivity index (χ0n) is 9.68. The molecule has 0 bridgehead atoms. The molecule has 4 nitrogen and oxygen atoms in total. The van der Waals surface area contributed by atoms with Gasteiger partial charge in [-0.05, 0) is 31.4 Å². The molecule has 2 N–H and O–H groups in total. The fraction of sp³-hybridized carbons (Fsp3) is 0.167. The zero-order valence-corrected chi connectivity index (χ0v) is 10.5. The molecule has 0 atom stereocenters. The van der Waals surface area contributed by atoms with Gasteiger partial charge in [0.25, 0.3) is 5.91 Å². The van der Waals surface area contributed by atoms with E-state index >= 15 is 0 Å². The fourth-order valence-electron chi connectivity index (χ4n) is 1.66. The van der Waals surface area contributed by atoms with Crippen molar-refractivity contribution in [1.82, 2.24) is 9.78 Å². The Balaban J connectivity index is 2.63. The molecule has 1 aromatic heterocycles. The van der Waals surface area contributed by atoms with E-state index < -0.39 is 5.91 Å². The predicted octanol–water partition coefficient (Wildman–Crippen LogP) is 2.00. The van der Waals surface area contributed by atoms with Gasteiger partial charge in [0.1, 0.15) is 5.69 Å². The Kier molecular flexibility index (Phi) is 3.19. The van der Waals surface area contributed by atoms with Crippen LogP contribution in [-0.2, 0) is 0 Å². The molecular weight excluding hydrogens is 234 g/mol. The van der Waals surface area contributed by atoms with Crippen LogP contribution in [0.25, 0.3) is 5.69 Å². The van der Waals surface area contributed by atoms with Gasteiger partial charge in [0.15, 0.2) is 0 Å². The van der Waals surface area contributed by atoms with E-state index in [0.717, 1.165) is 16.3 Å². The van der Waals surface area contributed by atoms with Crippen molar-refractivity contribution in [2.45, 2.75) is 11.8 Å². The molecule has 0 saturated heterocycles. The van der Waals surface area contributed by atoms with E-state index in [1.54, 1.807) is 22.5 Å². The lowest BCUT2D eigenvalue weighted by Gasteiger charge is -2.09. The normalized spacial score (nSPS) is 10.5. The molecule has 0 fully saturated rings. The maximum Gasteiger partial charge on any atom is 0.267 e. The van der Waals surface area contributed by atoms with Crippen LogP contribution < -0.4 is 5.73 Å². The number of hydrogen-bond donors (Lipinski definition) is 1. The summed E-state index contributed by atoms with van der Waals surface area (Å²) in [4.78, 5) is 12.4. The first-order valence-electron chi connectivity index (χ1n) is 5.13. The van der Waals surface area contributed by atoms with Crippen LogP contribution >= 0.6 is 11.8 Å². The maximum atomic E-state index is 11.4. The SMILES string of the molecule is CSc1ccccc1-n1nc(C)cc1C(N)=O. The molecular formula is C12H13N3OS. The number of benzene rings is 1. The number of aromatic nitrogens is 2. The molecule has 0 saturated carbocycles. The molecule has 0 aliphatic heterocycles. The van der Waals surface area contributed by atoms with Crippen molar-refractivity contribution in [3.63, 3.8) is 0 Å². The molecule has 2 rings (SSSR count). The molecule has 17 heavy (non-hydrogen) atoms. The summed E-state index contributed by atoms with van der Waals surface area (Å²) in [5.74, 6) is -0.471. The van der Waals surface area contributed by atoms with Crippen molar-refractivity contribution < 1.29 is 4.79 Å². The second kappa shape index (κ2) is 4.63. The van der Waals surface area contributed by atoms with Crippen molar-refractivity contribution in [3.8, 4) is 5.69 Å². The molecule has 0 unspecified atom stereocenters. The highest BCUT2D eigenvalue weighted by atomic mass is 32.2. The minimum atomic E-state index is -0.471. The van der Waals surface area contributed by atoms with Crippen LogP contribution in [0.1, 0.15) is 16.2 Å². The van der Waals surface area contributed by atoms with Crippen molar-refractivity contribution in [2.75, 3.05) is 6.26 Å². The van der Waals surface area contributed by atoms with Crippen molar-refractivity contribution >= 4 is 17.7 Å². The molecule has 5 heteroatoms. The van der Waals surface area contributed by atoms with Gasteiger partial charge in [-0.1, -0.05) is 12.1 Å². The summed E-state index contributed by atoms with van der Waals surface area (Å²) in [6, 6.07) is 9.47. The first-order valence-corrected chi connectivity index (χ1v) is 6.36. The smallest absolute Gasteiger partial charge is 0.267 e. The highest BCUT2D eigenvalue weighted by Gasteiger charge is 2.14. The summed E-state index contributed by atoms with van der Waals surface area (Å²) in [7, 11) is 0. The van der Waals surface area contributed by atoms with Crippen molar-refractivity contribution in [1.29, 1.82) is 0 Å². The lowest BCUT2D eigenvalue weighted by molar-refractivity contribution is 0.0993. The molecule has 0 radical (unpaired) electrons. The van der Waals surface area contributed by atoms with Gasteiger partial charge in [-0.2, -0.15) is 5.10 Å². The van der Waals surface area contributed by atoms with Crippen LogP contribution in [0.5, 0.6) is 0 Å². The Morgan fingerprint density at radius 2 is 2.12 bits per heavy atom. The van der Waals surface area contributed by atoms with Gasteiger partial charge in [-0.25, -0.2) is 4.68 Å². The number of para-hydroxylation sites is 1. The second-order valence-electron chi connectivity index (χ2n) is 3.62.